The minimum Gasteiger partial charge on any atom is -0.477 e. The molecule has 33 heavy (non-hydrogen) atoms. The number of imidazole rings is 1. The van der Waals surface area contributed by atoms with Crippen LogP contribution in [0.2, 0.25) is 5.02 Å². The van der Waals surface area contributed by atoms with Crippen LogP contribution < -0.4 is 15.6 Å². The lowest BCUT2D eigenvalue weighted by Crippen LogP contribution is -2.29. The zero-order valence-electron chi connectivity index (χ0n) is 17.9. The number of nitrogens with zero attached hydrogens (tertiary/aromatic N) is 5. The first-order chi connectivity index (χ1) is 16.0. The third-order valence-electron chi connectivity index (χ3n) is 5.30. The van der Waals surface area contributed by atoms with Crippen molar-refractivity contribution in [2.45, 2.75) is 32.2 Å². The molecule has 0 spiro atoms. The van der Waals surface area contributed by atoms with Crippen LogP contribution in [0.3, 0.4) is 0 Å². The number of carbonyl (C=O) groups is 1. The standard InChI is InChI=1S/C23H21ClN6O3/c1-2-33-22-9-8-20-25-19(12-29(20)28-22)15-5-6-18(16(24)11-15)26-21(31)13-30-23(32)10-7-17(27-30)14-3-4-14/h5-12,14H,2-4,13H2,1H3,(H,26,31). The molecule has 0 radical (unpaired) electrons. The fourth-order valence-corrected chi connectivity index (χ4v) is 3.73. The third kappa shape index (κ3) is 4.58. The smallest absolute Gasteiger partial charge is 0.267 e. The zero-order chi connectivity index (χ0) is 22.9. The fraction of sp³-hybridized carbons (Fsp3) is 0.261. The van der Waals surface area contributed by atoms with E-state index in [1.807, 2.05) is 19.1 Å². The Morgan fingerprint density at radius 2 is 2.03 bits per heavy atom. The van der Waals surface area contributed by atoms with Crippen molar-refractivity contribution in [1.82, 2.24) is 24.4 Å². The molecule has 1 aromatic carbocycles. The van der Waals surface area contributed by atoms with Crippen molar-refractivity contribution < 1.29 is 9.53 Å². The first kappa shape index (κ1) is 21.1. The summed E-state index contributed by atoms with van der Waals surface area (Å²) in [6.07, 6.45) is 3.91. The maximum Gasteiger partial charge on any atom is 0.267 e. The molecule has 0 aliphatic heterocycles. The summed E-state index contributed by atoms with van der Waals surface area (Å²) in [5.41, 5.74) is 3.11. The fourth-order valence-electron chi connectivity index (χ4n) is 3.50. The quantitative estimate of drug-likeness (QED) is 0.449. The third-order valence-corrected chi connectivity index (χ3v) is 5.62. The molecule has 1 saturated carbocycles. The number of aromatic nitrogens is 5. The number of halogens is 1. The van der Waals surface area contributed by atoms with Gasteiger partial charge in [-0.3, -0.25) is 9.59 Å². The van der Waals surface area contributed by atoms with Gasteiger partial charge in [0.05, 0.1) is 34.9 Å². The topological polar surface area (TPSA) is 103 Å². The Kier molecular flexibility index (Phi) is 5.55. The lowest BCUT2D eigenvalue weighted by Gasteiger charge is -2.10. The first-order valence-electron chi connectivity index (χ1n) is 10.7. The lowest BCUT2D eigenvalue weighted by atomic mass is 10.1. The molecule has 168 valence electrons. The van der Waals surface area contributed by atoms with E-state index >= 15 is 0 Å². The number of amides is 1. The van der Waals surface area contributed by atoms with E-state index < -0.39 is 0 Å². The average Bonchev–Trinajstić information content (AvgIpc) is 3.56. The molecule has 1 amide bonds. The summed E-state index contributed by atoms with van der Waals surface area (Å²) in [7, 11) is 0. The van der Waals surface area contributed by atoms with Crippen molar-refractivity contribution in [3.05, 3.63) is 69.7 Å². The van der Waals surface area contributed by atoms with Gasteiger partial charge < -0.3 is 10.1 Å². The van der Waals surface area contributed by atoms with E-state index in [9.17, 15) is 9.59 Å². The first-order valence-corrected chi connectivity index (χ1v) is 11.0. The van der Waals surface area contributed by atoms with Gasteiger partial charge in [-0.05, 0) is 44.0 Å². The minimum atomic E-state index is -0.382. The maximum absolute atomic E-state index is 12.5. The highest BCUT2D eigenvalue weighted by Crippen LogP contribution is 2.38. The van der Waals surface area contributed by atoms with Crippen LogP contribution in [0.4, 0.5) is 5.69 Å². The van der Waals surface area contributed by atoms with Gasteiger partial charge in [0, 0.05) is 23.6 Å². The molecule has 4 aromatic rings. The van der Waals surface area contributed by atoms with Crippen LogP contribution in [0.5, 0.6) is 5.88 Å². The van der Waals surface area contributed by atoms with Crippen LogP contribution in [0.25, 0.3) is 16.9 Å². The van der Waals surface area contributed by atoms with E-state index in [4.69, 9.17) is 16.3 Å². The molecular weight excluding hydrogens is 444 g/mol. The second-order valence-electron chi connectivity index (χ2n) is 7.80. The van der Waals surface area contributed by atoms with E-state index in [0.717, 1.165) is 24.1 Å². The number of anilines is 1. The molecule has 5 rings (SSSR count). The highest BCUT2D eigenvalue weighted by molar-refractivity contribution is 6.34. The predicted octanol–water partition coefficient (Wildman–Crippen LogP) is 3.52. The van der Waals surface area contributed by atoms with Crippen molar-refractivity contribution in [2.75, 3.05) is 11.9 Å². The van der Waals surface area contributed by atoms with Crippen LogP contribution in [0.15, 0.2) is 53.5 Å². The summed E-state index contributed by atoms with van der Waals surface area (Å²) in [6, 6.07) is 12.0. The van der Waals surface area contributed by atoms with Crippen molar-refractivity contribution >= 4 is 28.8 Å². The number of hydrogen-bond acceptors (Lipinski definition) is 6. The van der Waals surface area contributed by atoms with E-state index in [1.54, 1.807) is 35.0 Å². The van der Waals surface area contributed by atoms with E-state index in [-0.39, 0.29) is 18.0 Å². The van der Waals surface area contributed by atoms with Crippen molar-refractivity contribution in [3.8, 4) is 17.1 Å². The Labute approximate surface area is 194 Å². The van der Waals surface area contributed by atoms with Gasteiger partial charge in [-0.2, -0.15) is 5.10 Å². The Hall–Kier alpha value is -3.72. The zero-order valence-corrected chi connectivity index (χ0v) is 18.6. The average molecular weight is 465 g/mol. The molecule has 1 fully saturated rings. The molecule has 10 heteroatoms. The summed E-state index contributed by atoms with van der Waals surface area (Å²) in [5, 5.41) is 11.8. The second-order valence-corrected chi connectivity index (χ2v) is 8.21. The molecule has 0 saturated heterocycles. The molecule has 3 aromatic heterocycles. The number of fused-ring (bicyclic) bond motifs is 1. The van der Waals surface area contributed by atoms with Gasteiger partial charge in [0.15, 0.2) is 5.65 Å². The normalized spacial score (nSPS) is 13.3. The van der Waals surface area contributed by atoms with E-state index in [0.29, 0.717) is 40.5 Å². The SMILES string of the molecule is CCOc1ccc2nc(-c3ccc(NC(=O)Cn4nc(C5CC5)ccc4=O)c(Cl)c3)cn2n1. The Morgan fingerprint density at radius 1 is 1.18 bits per heavy atom. The number of hydrogen-bond donors (Lipinski definition) is 1. The van der Waals surface area contributed by atoms with Gasteiger partial charge in [-0.1, -0.05) is 17.7 Å². The van der Waals surface area contributed by atoms with E-state index in [1.165, 1.54) is 10.7 Å². The van der Waals surface area contributed by atoms with Crippen LogP contribution >= 0.6 is 11.6 Å². The van der Waals surface area contributed by atoms with E-state index in [2.05, 4.69) is 20.5 Å². The van der Waals surface area contributed by atoms with Crippen LogP contribution in [0, 0.1) is 0 Å². The van der Waals surface area contributed by atoms with Crippen LogP contribution in [0.1, 0.15) is 31.4 Å². The molecule has 9 nitrogen and oxygen atoms in total. The molecule has 0 unspecified atom stereocenters. The maximum atomic E-state index is 12.5. The summed E-state index contributed by atoms with van der Waals surface area (Å²) in [6.45, 7) is 2.24. The van der Waals surface area contributed by atoms with Gasteiger partial charge in [-0.25, -0.2) is 14.2 Å². The van der Waals surface area contributed by atoms with Crippen molar-refractivity contribution in [3.63, 3.8) is 0 Å². The van der Waals surface area contributed by atoms with Crippen LogP contribution in [-0.4, -0.2) is 36.9 Å². The Balaban J connectivity index is 1.32. The number of nitrogens with one attached hydrogen (secondary N) is 1. The molecule has 0 atom stereocenters. The minimum absolute atomic E-state index is 0.183. The second kappa shape index (κ2) is 8.67. The lowest BCUT2D eigenvalue weighted by molar-refractivity contribution is -0.117. The highest BCUT2D eigenvalue weighted by atomic mass is 35.5. The highest BCUT2D eigenvalue weighted by Gasteiger charge is 2.25. The van der Waals surface area contributed by atoms with Crippen molar-refractivity contribution in [1.29, 1.82) is 0 Å². The van der Waals surface area contributed by atoms with Crippen LogP contribution in [-0.2, 0) is 11.3 Å². The number of benzene rings is 1. The number of rotatable bonds is 7. The molecule has 1 aliphatic carbocycles. The van der Waals surface area contributed by atoms with Gasteiger partial charge in [-0.15, -0.1) is 5.10 Å². The summed E-state index contributed by atoms with van der Waals surface area (Å²) >= 11 is 6.43. The summed E-state index contributed by atoms with van der Waals surface area (Å²) in [4.78, 5) is 29.2. The molecule has 1 N–H and O–H groups in total. The molecule has 1 aliphatic rings. The molecular formula is C23H21ClN6O3. The largest absolute Gasteiger partial charge is 0.477 e. The molecule has 3 heterocycles. The summed E-state index contributed by atoms with van der Waals surface area (Å²) < 4.78 is 8.25. The monoisotopic (exact) mass is 464 g/mol. The number of carbonyl (C=O) groups excluding carboxylic acids is 1. The van der Waals surface area contributed by atoms with Gasteiger partial charge >= 0.3 is 0 Å². The number of ether oxygens (including phenoxy) is 1. The Bertz CT molecular complexity index is 1410. The van der Waals surface area contributed by atoms with Gasteiger partial charge in [0.2, 0.25) is 11.8 Å². The Morgan fingerprint density at radius 3 is 2.79 bits per heavy atom. The molecule has 0 bridgehead atoms. The van der Waals surface area contributed by atoms with Crippen molar-refractivity contribution in [2.24, 2.45) is 0 Å². The summed E-state index contributed by atoms with van der Waals surface area (Å²) in [5.74, 6) is 0.524. The van der Waals surface area contributed by atoms with Gasteiger partial charge in [0.1, 0.15) is 6.54 Å². The predicted molar refractivity (Wildman–Crippen MR) is 124 cm³/mol. The van der Waals surface area contributed by atoms with Gasteiger partial charge in [0.25, 0.3) is 5.56 Å².